The highest BCUT2D eigenvalue weighted by molar-refractivity contribution is 4.88. The molecule has 15 heteroatoms. The Hall–Kier alpha value is -0.780. The standard InChI is InChI=1S/C7H13F2NO2.C7H14FNO2.C6H10F3NO2/c8-6(9)1-4-2-10-3-5(11)7(4)12;8-2-1-5-3-9-4-6(10)7(5)11;7-6(8,9)3-1-10-2-4(11)5(3)12/h4-7,10-12H,1-3H2;5-7,9-11H,1-4H2;3-5,10-12H,1-2H2/t4-,5+,7+;5-,6+,7+;3-,4+,5+/m000/s1. The van der Waals surface area contributed by atoms with Gasteiger partial charge in [0.15, 0.2) is 0 Å². The van der Waals surface area contributed by atoms with E-state index in [1.165, 1.54) is 0 Å². The van der Waals surface area contributed by atoms with E-state index in [-0.39, 0.29) is 32.0 Å². The van der Waals surface area contributed by atoms with Crippen molar-refractivity contribution < 1.29 is 57.0 Å². The number of nitrogens with one attached hydrogen (secondary N) is 3. The molecule has 0 radical (unpaired) electrons. The molecule has 0 aliphatic carbocycles. The van der Waals surface area contributed by atoms with Crippen molar-refractivity contribution in [3.8, 4) is 0 Å². The second-order valence-corrected chi connectivity index (χ2v) is 8.92. The van der Waals surface area contributed by atoms with Gasteiger partial charge in [-0.15, -0.1) is 0 Å². The maximum absolute atomic E-state index is 12.1. The smallest absolute Gasteiger partial charge is 0.390 e. The second-order valence-electron chi connectivity index (χ2n) is 8.92. The number of aliphatic hydroxyl groups is 6. The Morgan fingerprint density at radius 2 is 1.09 bits per heavy atom. The average molecular weight is 530 g/mol. The summed E-state index contributed by atoms with van der Waals surface area (Å²) in [5.74, 6) is -2.53. The molecule has 35 heavy (non-hydrogen) atoms. The number of alkyl halides is 6. The van der Waals surface area contributed by atoms with Gasteiger partial charge in [-0.3, -0.25) is 4.39 Å². The van der Waals surface area contributed by atoms with Gasteiger partial charge in [0, 0.05) is 57.5 Å². The highest BCUT2D eigenvalue weighted by Gasteiger charge is 2.48. The van der Waals surface area contributed by atoms with Crippen molar-refractivity contribution in [3.05, 3.63) is 0 Å². The number of β-amino-alcohol motifs (C(OH)–C–C–N with tert-alkyl or cyclic N) is 3. The van der Waals surface area contributed by atoms with Crippen LogP contribution in [0.4, 0.5) is 26.3 Å². The van der Waals surface area contributed by atoms with Gasteiger partial charge in [0.1, 0.15) is 0 Å². The van der Waals surface area contributed by atoms with Crippen LogP contribution in [0.2, 0.25) is 0 Å². The lowest BCUT2D eigenvalue weighted by Gasteiger charge is -2.33. The van der Waals surface area contributed by atoms with Crippen molar-refractivity contribution >= 4 is 0 Å². The first-order valence-corrected chi connectivity index (χ1v) is 11.4. The zero-order chi connectivity index (χ0) is 26.8. The molecule has 0 aromatic carbocycles. The van der Waals surface area contributed by atoms with Crippen LogP contribution in [0.15, 0.2) is 0 Å². The summed E-state index contributed by atoms with van der Waals surface area (Å²) in [6.45, 7) is 0.876. The van der Waals surface area contributed by atoms with Gasteiger partial charge >= 0.3 is 6.18 Å². The van der Waals surface area contributed by atoms with E-state index in [0.29, 0.717) is 26.1 Å². The topological polar surface area (TPSA) is 157 Å². The molecular formula is C20H37F6N3O6. The van der Waals surface area contributed by atoms with Crippen LogP contribution in [-0.2, 0) is 0 Å². The SMILES string of the molecule is O[C@@H]1[C@@H](CC(F)F)CNC[C@H]1O.O[C@@H]1[C@@H](CCF)CNC[C@H]1O.O[C@H]1[C@H](O)CNC[C@@H]1C(F)(F)F. The Morgan fingerprint density at radius 1 is 0.657 bits per heavy atom. The largest absolute Gasteiger partial charge is 0.395 e. The quantitative estimate of drug-likeness (QED) is 0.195. The maximum Gasteiger partial charge on any atom is 0.395 e. The Labute approximate surface area is 199 Å². The van der Waals surface area contributed by atoms with Crippen LogP contribution in [0.5, 0.6) is 0 Å². The van der Waals surface area contributed by atoms with Crippen LogP contribution in [0.25, 0.3) is 0 Å². The maximum atomic E-state index is 12.1. The molecule has 0 saturated carbocycles. The number of hydrogen-bond donors (Lipinski definition) is 9. The van der Waals surface area contributed by atoms with E-state index < -0.39 is 67.7 Å². The van der Waals surface area contributed by atoms with Gasteiger partial charge in [-0.25, -0.2) is 8.78 Å². The van der Waals surface area contributed by atoms with E-state index in [1.807, 2.05) is 0 Å². The molecule has 3 saturated heterocycles. The van der Waals surface area contributed by atoms with Crippen LogP contribution in [0, 0.1) is 17.8 Å². The summed E-state index contributed by atoms with van der Waals surface area (Å²) in [7, 11) is 0. The normalized spacial score (nSPS) is 38.1. The fraction of sp³-hybridized carbons (Fsp3) is 1.00. The molecule has 0 aromatic heterocycles. The molecule has 9 N–H and O–H groups in total. The van der Waals surface area contributed by atoms with Crippen molar-refractivity contribution in [3.63, 3.8) is 0 Å². The summed E-state index contributed by atoms with van der Waals surface area (Å²) < 4.78 is 71.8. The molecule has 0 bridgehead atoms. The number of hydrogen-bond acceptors (Lipinski definition) is 9. The number of halogens is 6. The number of aliphatic hydroxyl groups excluding tert-OH is 6. The summed E-state index contributed by atoms with van der Waals surface area (Å²) in [4.78, 5) is 0. The molecule has 3 aliphatic rings. The van der Waals surface area contributed by atoms with Gasteiger partial charge in [0.2, 0.25) is 6.43 Å². The first kappa shape index (κ1) is 32.2. The summed E-state index contributed by atoms with van der Waals surface area (Å²) in [6, 6.07) is 0. The van der Waals surface area contributed by atoms with Gasteiger partial charge < -0.3 is 46.6 Å². The first-order chi connectivity index (χ1) is 16.3. The first-order valence-electron chi connectivity index (χ1n) is 11.4. The Kier molecular flexibility index (Phi) is 14.3. The lowest BCUT2D eigenvalue weighted by atomic mass is 9.91. The Balaban J connectivity index is 0.000000263. The lowest BCUT2D eigenvalue weighted by molar-refractivity contribution is -0.217. The zero-order valence-corrected chi connectivity index (χ0v) is 19.1. The zero-order valence-electron chi connectivity index (χ0n) is 19.1. The molecule has 3 heterocycles. The molecular weight excluding hydrogens is 492 g/mol. The number of piperidine rings is 3. The van der Waals surface area contributed by atoms with Gasteiger partial charge in [0.05, 0.1) is 49.2 Å². The van der Waals surface area contributed by atoms with E-state index in [0.717, 1.165) is 0 Å². The molecule has 0 aromatic rings. The van der Waals surface area contributed by atoms with Crippen molar-refractivity contribution in [2.24, 2.45) is 17.8 Å². The van der Waals surface area contributed by atoms with Crippen molar-refractivity contribution in [1.82, 2.24) is 16.0 Å². The van der Waals surface area contributed by atoms with E-state index in [4.69, 9.17) is 20.4 Å². The molecule has 9 atom stereocenters. The predicted octanol–water partition coefficient (Wildman–Crippen LogP) is -1.64. The fourth-order valence-electron chi connectivity index (χ4n) is 4.01. The third-order valence-electron chi connectivity index (χ3n) is 6.18. The summed E-state index contributed by atoms with van der Waals surface area (Å²) in [6.07, 6.45) is -13.4. The van der Waals surface area contributed by atoms with Crippen LogP contribution >= 0.6 is 0 Å². The minimum Gasteiger partial charge on any atom is -0.390 e. The Morgan fingerprint density at radius 3 is 1.51 bits per heavy atom. The average Bonchev–Trinajstić information content (AvgIpc) is 2.77. The second kappa shape index (κ2) is 15.5. The molecule has 0 unspecified atom stereocenters. The van der Waals surface area contributed by atoms with Crippen LogP contribution in [-0.4, -0.2) is 126 Å². The van der Waals surface area contributed by atoms with Crippen molar-refractivity contribution in [1.29, 1.82) is 0 Å². The van der Waals surface area contributed by atoms with Crippen LogP contribution in [0.1, 0.15) is 12.8 Å². The Bertz CT molecular complexity index is 580. The van der Waals surface area contributed by atoms with Gasteiger partial charge in [0.25, 0.3) is 0 Å². The van der Waals surface area contributed by atoms with E-state index in [2.05, 4.69) is 16.0 Å². The van der Waals surface area contributed by atoms with Crippen molar-refractivity contribution in [2.75, 3.05) is 45.9 Å². The lowest BCUT2D eigenvalue weighted by Crippen LogP contribution is -2.55. The van der Waals surface area contributed by atoms with Crippen LogP contribution < -0.4 is 16.0 Å². The van der Waals surface area contributed by atoms with Gasteiger partial charge in [-0.2, -0.15) is 13.2 Å². The molecule has 0 amide bonds. The highest BCUT2D eigenvalue weighted by atomic mass is 19.4. The van der Waals surface area contributed by atoms with Crippen LogP contribution in [0.3, 0.4) is 0 Å². The van der Waals surface area contributed by atoms with Crippen molar-refractivity contribution in [2.45, 2.75) is 62.1 Å². The van der Waals surface area contributed by atoms with E-state index in [9.17, 15) is 36.6 Å². The van der Waals surface area contributed by atoms with E-state index >= 15 is 0 Å². The molecule has 3 rings (SSSR count). The minimum atomic E-state index is -4.45. The van der Waals surface area contributed by atoms with E-state index in [1.54, 1.807) is 0 Å². The molecule has 0 spiro atoms. The molecule has 3 fully saturated rings. The highest BCUT2D eigenvalue weighted by Crippen LogP contribution is 2.31. The predicted molar refractivity (Wildman–Crippen MR) is 112 cm³/mol. The minimum absolute atomic E-state index is 0.00769. The summed E-state index contributed by atoms with van der Waals surface area (Å²) in [5, 5.41) is 62.8. The third kappa shape index (κ3) is 11.0. The summed E-state index contributed by atoms with van der Waals surface area (Å²) in [5.41, 5.74) is 0. The summed E-state index contributed by atoms with van der Waals surface area (Å²) >= 11 is 0. The molecule has 210 valence electrons. The third-order valence-corrected chi connectivity index (χ3v) is 6.18. The van der Waals surface area contributed by atoms with Gasteiger partial charge in [-0.05, 0) is 6.42 Å². The monoisotopic (exact) mass is 529 g/mol. The molecule has 3 aliphatic heterocycles. The number of rotatable bonds is 4. The molecule has 9 nitrogen and oxygen atoms in total. The fourth-order valence-corrected chi connectivity index (χ4v) is 4.01. The van der Waals surface area contributed by atoms with Gasteiger partial charge in [-0.1, -0.05) is 0 Å².